The fourth-order valence-electron chi connectivity index (χ4n) is 5.02. The lowest BCUT2D eigenvalue weighted by atomic mass is 10.0. The molecule has 5 heterocycles. The van der Waals surface area contributed by atoms with Gasteiger partial charge in [-0.2, -0.15) is 13.8 Å². The number of primary amides is 1. The molecule has 3 amide bonds. The zero-order valence-electron chi connectivity index (χ0n) is 21.3. The maximum Gasteiger partial charge on any atom is 0.352 e. The van der Waals surface area contributed by atoms with Gasteiger partial charge in [-0.3, -0.25) is 19.3 Å². The zero-order chi connectivity index (χ0) is 28.8. The SMILES string of the molecule is NC(=O)c1csc2c[n+](CC3=C(C(=O)O)N4C(=O)[C@@H](NC(=O)/C(=N\OC5CCCC5)c5nsc(N)n5)[C@H]4SC3)cn12. The number of carbonyl (C=O) groups excluding carboxylic acids is 3. The molecule has 214 valence electrons. The number of aliphatic carboxylic acids is 1. The lowest BCUT2D eigenvalue weighted by Gasteiger charge is -2.49. The number of nitrogens with one attached hydrogen (secondary N) is 1. The number of imidazole rings is 1. The largest absolute Gasteiger partial charge is 0.477 e. The molecule has 3 aromatic rings. The van der Waals surface area contributed by atoms with Crippen LogP contribution in [-0.4, -0.2) is 76.4 Å². The van der Waals surface area contributed by atoms with Crippen LogP contribution in [0.15, 0.2) is 34.3 Å². The normalized spacial score (nSPS) is 21.2. The highest BCUT2D eigenvalue weighted by atomic mass is 32.2. The number of carboxylic acids is 1. The van der Waals surface area contributed by atoms with Crippen LogP contribution in [0.25, 0.3) is 4.83 Å². The first-order chi connectivity index (χ1) is 19.7. The second-order valence-corrected chi connectivity index (χ2v) is 12.4. The molecule has 0 unspecified atom stereocenters. The van der Waals surface area contributed by atoms with Crippen LogP contribution in [0.3, 0.4) is 0 Å². The van der Waals surface area contributed by atoms with Crippen LogP contribution < -0.4 is 21.4 Å². The molecular formula is C23H24N9O6S3+. The number of anilines is 1. The Kier molecular flexibility index (Phi) is 7.12. The standard InChI is InChI=1S/C23H23N9O6S3/c24-17(33)12-8-39-13-6-30(9-31(12)13)5-10-7-40-21-15(20(35)32(21)16(10)22(36)37)26-19(34)14(18-27-23(25)41-29-18)28-38-11-3-1-2-4-11/h6,8-9,11,15,21H,1-5,7H2,(H5-,24,25,26,27,29,33,34,36,37)/p+1/b28-14-/t15-,21-/m1/s1. The molecule has 3 aromatic heterocycles. The van der Waals surface area contributed by atoms with E-state index in [4.69, 9.17) is 16.3 Å². The van der Waals surface area contributed by atoms with E-state index in [0.717, 1.165) is 42.0 Å². The van der Waals surface area contributed by atoms with Crippen LogP contribution in [0.2, 0.25) is 0 Å². The second kappa shape index (κ2) is 10.7. The van der Waals surface area contributed by atoms with Crippen molar-refractivity contribution in [3.05, 3.63) is 40.7 Å². The van der Waals surface area contributed by atoms with E-state index in [9.17, 15) is 24.3 Å². The zero-order valence-corrected chi connectivity index (χ0v) is 23.7. The van der Waals surface area contributed by atoms with Crippen molar-refractivity contribution in [3.63, 3.8) is 0 Å². The van der Waals surface area contributed by atoms with Crippen LogP contribution in [0.1, 0.15) is 42.0 Å². The number of aromatic nitrogens is 4. The average molecular weight is 619 g/mol. The number of thiazole rings is 1. The summed E-state index contributed by atoms with van der Waals surface area (Å²) in [4.78, 5) is 62.0. The molecule has 0 spiro atoms. The highest BCUT2D eigenvalue weighted by molar-refractivity contribution is 8.00. The summed E-state index contributed by atoms with van der Waals surface area (Å²) >= 11 is 3.56. The van der Waals surface area contributed by atoms with Crippen molar-refractivity contribution in [2.24, 2.45) is 10.9 Å². The number of nitrogens with two attached hydrogens (primary N) is 2. The first-order valence-corrected chi connectivity index (χ1v) is 15.2. The highest BCUT2D eigenvalue weighted by Gasteiger charge is 2.54. The lowest BCUT2D eigenvalue weighted by molar-refractivity contribution is -0.687. The van der Waals surface area contributed by atoms with E-state index in [1.54, 1.807) is 26.9 Å². The summed E-state index contributed by atoms with van der Waals surface area (Å²) in [7, 11) is 0. The van der Waals surface area contributed by atoms with E-state index in [-0.39, 0.29) is 35.0 Å². The molecule has 41 heavy (non-hydrogen) atoms. The number of oxime groups is 1. The van der Waals surface area contributed by atoms with Crippen LogP contribution in [0, 0.1) is 0 Å². The van der Waals surface area contributed by atoms with Gasteiger partial charge in [-0.25, -0.2) is 9.36 Å². The van der Waals surface area contributed by atoms with Crippen LogP contribution in [0.5, 0.6) is 0 Å². The number of β-lactam (4-membered cyclic amide) rings is 1. The summed E-state index contributed by atoms with van der Waals surface area (Å²) in [5.74, 6) is -2.83. The number of nitrogens with zero attached hydrogens (tertiary/aromatic N) is 6. The molecule has 1 saturated heterocycles. The summed E-state index contributed by atoms with van der Waals surface area (Å²) in [5, 5.41) is 17.9. The molecule has 1 saturated carbocycles. The molecule has 1 aliphatic carbocycles. The van der Waals surface area contributed by atoms with E-state index in [1.807, 2.05) is 0 Å². The number of hydrogen-bond acceptors (Lipinski definition) is 12. The summed E-state index contributed by atoms with van der Waals surface area (Å²) in [6, 6.07) is -0.985. The van der Waals surface area contributed by atoms with E-state index >= 15 is 0 Å². The van der Waals surface area contributed by atoms with E-state index < -0.39 is 35.1 Å². The fraction of sp³-hybridized carbons (Fsp3) is 0.391. The molecule has 0 bridgehead atoms. The number of amides is 3. The summed E-state index contributed by atoms with van der Waals surface area (Å²) in [6.07, 6.45) is 6.95. The highest BCUT2D eigenvalue weighted by Crippen LogP contribution is 2.40. The van der Waals surface area contributed by atoms with Gasteiger partial charge in [0.1, 0.15) is 36.0 Å². The summed E-state index contributed by atoms with van der Waals surface area (Å²) in [5.41, 5.74) is 11.6. The number of carbonyl (C=O) groups is 4. The van der Waals surface area contributed by atoms with Gasteiger partial charge in [0, 0.05) is 28.2 Å². The van der Waals surface area contributed by atoms with Crippen molar-refractivity contribution in [2.75, 3.05) is 11.5 Å². The average Bonchev–Trinajstić information content (AvgIpc) is 3.73. The van der Waals surface area contributed by atoms with E-state index in [2.05, 4.69) is 19.8 Å². The predicted octanol–water partition coefficient (Wildman–Crippen LogP) is -0.0770. The first kappa shape index (κ1) is 27.2. The lowest BCUT2D eigenvalue weighted by Crippen LogP contribution is -2.71. The Hall–Kier alpha value is -4.03. The Labute approximate surface area is 244 Å². The fourth-order valence-corrected chi connectivity index (χ4v) is 7.71. The van der Waals surface area contributed by atoms with E-state index in [1.165, 1.54) is 28.0 Å². The van der Waals surface area contributed by atoms with Crippen LogP contribution >= 0.6 is 34.6 Å². The summed E-state index contributed by atoms with van der Waals surface area (Å²) < 4.78 is 7.43. The van der Waals surface area contributed by atoms with Crippen molar-refractivity contribution in [1.82, 2.24) is 24.0 Å². The molecule has 15 nitrogen and oxygen atoms in total. The van der Waals surface area contributed by atoms with Crippen molar-refractivity contribution in [2.45, 2.75) is 49.7 Å². The predicted molar refractivity (Wildman–Crippen MR) is 148 cm³/mol. The molecule has 3 aliphatic rings. The maximum absolute atomic E-state index is 13.3. The molecule has 0 radical (unpaired) electrons. The molecule has 6 rings (SSSR count). The van der Waals surface area contributed by atoms with Gasteiger partial charge in [0.2, 0.25) is 22.1 Å². The van der Waals surface area contributed by atoms with Crippen molar-refractivity contribution in [3.8, 4) is 0 Å². The van der Waals surface area contributed by atoms with Gasteiger partial charge in [0.15, 0.2) is 5.13 Å². The minimum atomic E-state index is -1.25. The van der Waals surface area contributed by atoms with Crippen LogP contribution in [0.4, 0.5) is 5.13 Å². The van der Waals surface area contributed by atoms with Gasteiger partial charge in [-0.05, 0) is 25.7 Å². The number of rotatable bonds is 9. The second-order valence-electron chi connectivity index (χ2n) is 9.64. The van der Waals surface area contributed by atoms with Gasteiger partial charge in [-0.15, -0.1) is 11.8 Å². The van der Waals surface area contributed by atoms with Gasteiger partial charge in [0.05, 0.1) is 0 Å². The van der Waals surface area contributed by atoms with Crippen LogP contribution in [-0.2, 0) is 25.8 Å². The van der Waals surface area contributed by atoms with Gasteiger partial charge < -0.3 is 26.7 Å². The Morgan fingerprint density at radius 2 is 2.07 bits per heavy atom. The van der Waals surface area contributed by atoms with Crippen molar-refractivity contribution >= 4 is 74.0 Å². The molecule has 2 fully saturated rings. The van der Waals surface area contributed by atoms with Crippen molar-refractivity contribution in [1.29, 1.82) is 0 Å². The molecule has 2 atom stereocenters. The Morgan fingerprint density at radius 1 is 1.29 bits per heavy atom. The topological polar surface area (TPSA) is 211 Å². The molecule has 2 aliphatic heterocycles. The molecular weight excluding hydrogens is 595 g/mol. The molecule has 6 N–H and O–H groups in total. The van der Waals surface area contributed by atoms with Gasteiger partial charge in [0.25, 0.3) is 24.0 Å². The number of fused-ring (bicyclic) bond motifs is 2. The number of hydrogen-bond donors (Lipinski definition) is 4. The number of nitrogen functional groups attached to an aromatic ring is 1. The molecule has 18 heteroatoms. The quantitative estimate of drug-likeness (QED) is 0.108. The molecule has 0 aromatic carbocycles. The van der Waals surface area contributed by atoms with Gasteiger partial charge in [-0.1, -0.05) is 16.5 Å². The monoisotopic (exact) mass is 618 g/mol. The number of thioether (sulfide) groups is 1. The first-order valence-electron chi connectivity index (χ1n) is 12.5. The number of carboxylic acid groups (broad SMARTS) is 1. The summed E-state index contributed by atoms with van der Waals surface area (Å²) in [6.45, 7) is 0.182. The van der Waals surface area contributed by atoms with Crippen molar-refractivity contribution < 1.29 is 33.7 Å². The Bertz CT molecular complexity index is 1640. The third-order valence-corrected chi connectivity index (χ3v) is 9.72. The smallest absolute Gasteiger partial charge is 0.352 e. The third kappa shape index (κ3) is 5.02. The Morgan fingerprint density at radius 3 is 2.76 bits per heavy atom. The minimum absolute atomic E-state index is 0.0136. The Balaban J connectivity index is 1.20. The van der Waals surface area contributed by atoms with E-state index in [0.29, 0.717) is 17.0 Å². The third-order valence-electron chi connectivity index (χ3n) is 6.95. The minimum Gasteiger partial charge on any atom is -0.477 e. The maximum atomic E-state index is 13.3. The van der Waals surface area contributed by atoms with Gasteiger partial charge >= 0.3 is 5.97 Å².